The van der Waals surface area contributed by atoms with Gasteiger partial charge in [-0.05, 0) is 52.4 Å². The third-order valence-corrected chi connectivity index (χ3v) is 3.08. The zero-order valence-corrected chi connectivity index (χ0v) is 9.91. The Morgan fingerprint density at radius 1 is 1.20 bits per heavy atom. The van der Waals surface area contributed by atoms with Crippen molar-refractivity contribution in [3.8, 4) is 6.07 Å². The van der Waals surface area contributed by atoms with Gasteiger partial charge < -0.3 is 9.80 Å². The Kier molecular flexibility index (Phi) is 6.38. The number of likely N-dealkylation sites (tertiary alicyclic amines) is 1. The molecule has 0 aromatic heterocycles. The van der Waals surface area contributed by atoms with Crippen LogP contribution in [0.2, 0.25) is 0 Å². The van der Waals surface area contributed by atoms with E-state index in [1.807, 2.05) is 0 Å². The van der Waals surface area contributed by atoms with Gasteiger partial charge >= 0.3 is 0 Å². The van der Waals surface area contributed by atoms with Crippen LogP contribution in [0.3, 0.4) is 0 Å². The first kappa shape index (κ1) is 12.5. The summed E-state index contributed by atoms with van der Waals surface area (Å²) < 4.78 is 0. The monoisotopic (exact) mass is 209 g/mol. The zero-order chi connectivity index (χ0) is 10.9. The lowest BCUT2D eigenvalue weighted by Gasteiger charge is -2.20. The molecule has 0 unspecified atom stereocenters. The lowest BCUT2D eigenvalue weighted by molar-refractivity contribution is 0.254. The molecule has 0 aromatic rings. The van der Waals surface area contributed by atoms with E-state index in [1.165, 1.54) is 39.0 Å². The molecule has 0 amide bonds. The van der Waals surface area contributed by atoms with Crippen LogP contribution >= 0.6 is 0 Å². The van der Waals surface area contributed by atoms with Gasteiger partial charge in [-0.1, -0.05) is 0 Å². The van der Waals surface area contributed by atoms with Gasteiger partial charge in [-0.15, -0.1) is 0 Å². The highest BCUT2D eigenvalue weighted by molar-refractivity contribution is 4.69. The van der Waals surface area contributed by atoms with Crippen LogP contribution in [0.25, 0.3) is 0 Å². The second-order valence-corrected chi connectivity index (χ2v) is 4.47. The smallest absolute Gasteiger partial charge is 0.0621 e. The number of unbranched alkanes of at least 4 members (excludes halogenated alkanes) is 2. The fraction of sp³-hybridized carbons (Fsp3) is 0.917. The highest BCUT2D eigenvalue weighted by atomic mass is 15.2. The normalized spacial score (nSPS) is 17.1. The number of nitrogens with zero attached hydrogens (tertiary/aromatic N) is 3. The lowest BCUT2D eigenvalue weighted by Crippen LogP contribution is -2.31. The molecule has 1 rings (SSSR count). The molecule has 3 heteroatoms. The summed E-state index contributed by atoms with van der Waals surface area (Å²) >= 11 is 0. The summed E-state index contributed by atoms with van der Waals surface area (Å²) in [5.74, 6) is 0. The number of hydrogen-bond donors (Lipinski definition) is 0. The lowest BCUT2D eigenvalue weighted by atomic mass is 10.2. The molecule has 0 N–H and O–H groups in total. The van der Waals surface area contributed by atoms with Gasteiger partial charge in [0.2, 0.25) is 0 Å². The standard InChI is InChI=1S/C12H23N3/c1-14(8-4-2-3-7-13)11-12-15-9-5-6-10-15/h2-6,8-12H2,1H3. The van der Waals surface area contributed by atoms with Crippen molar-refractivity contribution in [2.75, 3.05) is 39.8 Å². The number of nitriles is 1. The Morgan fingerprint density at radius 2 is 1.93 bits per heavy atom. The van der Waals surface area contributed by atoms with E-state index in [0.717, 1.165) is 19.4 Å². The summed E-state index contributed by atoms with van der Waals surface area (Å²) in [6.45, 7) is 6.11. The van der Waals surface area contributed by atoms with Crippen LogP contribution in [0.4, 0.5) is 0 Å². The maximum Gasteiger partial charge on any atom is 0.0621 e. The van der Waals surface area contributed by atoms with E-state index in [1.54, 1.807) is 0 Å². The molecular weight excluding hydrogens is 186 g/mol. The molecule has 0 spiro atoms. The summed E-state index contributed by atoms with van der Waals surface area (Å²) in [6, 6.07) is 2.19. The maximum atomic E-state index is 8.41. The molecule has 3 nitrogen and oxygen atoms in total. The summed E-state index contributed by atoms with van der Waals surface area (Å²) in [5, 5.41) is 8.41. The number of likely N-dealkylation sites (N-methyl/N-ethyl adjacent to an activating group) is 1. The molecule has 0 aromatic carbocycles. The van der Waals surface area contributed by atoms with E-state index >= 15 is 0 Å². The molecule has 1 aliphatic rings. The van der Waals surface area contributed by atoms with Crippen LogP contribution in [-0.4, -0.2) is 49.6 Å². The van der Waals surface area contributed by atoms with E-state index in [4.69, 9.17) is 5.26 Å². The average Bonchev–Trinajstić information content (AvgIpc) is 2.74. The SMILES string of the molecule is CN(CCCCC#N)CCN1CCCC1. The van der Waals surface area contributed by atoms with Crippen molar-refractivity contribution in [3.05, 3.63) is 0 Å². The Hall–Kier alpha value is -0.590. The van der Waals surface area contributed by atoms with Gasteiger partial charge in [-0.3, -0.25) is 0 Å². The van der Waals surface area contributed by atoms with Crippen molar-refractivity contribution in [2.24, 2.45) is 0 Å². The molecule has 15 heavy (non-hydrogen) atoms. The molecule has 1 aliphatic heterocycles. The minimum Gasteiger partial charge on any atom is -0.305 e. The molecule has 0 bridgehead atoms. The Balaban J connectivity index is 1.93. The maximum absolute atomic E-state index is 8.41. The van der Waals surface area contributed by atoms with Crippen LogP contribution in [-0.2, 0) is 0 Å². The average molecular weight is 209 g/mol. The summed E-state index contributed by atoms with van der Waals surface area (Å²) in [6.07, 6.45) is 5.67. The van der Waals surface area contributed by atoms with Crippen molar-refractivity contribution >= 4 is 0 Å². The van der Waals surface area contributed by atoms with E-state index < -0.39 is 0 Å². The second-order valence-electron chi connectivity index (χ2n) is 4.47. The molecule has 0 radical (unpaired) electrons. The highest BCUT2D eigenvalue weighted by Crippen LogP contribution is 2.06. The quantitative estimate of drug-likeness (QED) is 0.598. The van der Waals surface area contributed by atoms with Crippen LogP contribution in [0.1, 0.15) is 32.1 Å². The topological polar surface area (TPSA) is 30.3 Å². The molecule has 0 aliphatic carbocycles. The van der Waals surface area contributed by atoms with Crippen molar-refractivity contribution in [3.63, 3.8) is 0 Å². The third-order valence-electron chi connectivity index (χ3n) is 3.08. The van der Waals surface area contributed by atoms with Crippen LogP contribution in [0.5, 0.6) is 0 Å². The van der Waals surface area contributed by atoms with Crippen molar-refractivity contribution < 1.29 is 0 Å². The van der Waals surface area contributed by atoms with E-state index in [2.05, 4.69) is 22.9 Å². The predicted molar refractivity (Wildman–Crippen MR) is 62.6 cm³/mol. The molecule has 86 valence electrons. The number of hydrogen-bond acceptors (Lipinski definition) is 3. The Bertz CT molecular complexity index is 192. The molecule has 0 atom stereocenters. The van der Waals surface area contributed by atoms with Gasteiger partial charge in [-0.2, -0.15) is 5.26 Å². The van der Waals surface area contributed by atoms with Crippen LogP contribution in [0.15, 0.2) is 0 Å². The van der Waals surface area contributed by atoms with Crippen molar-refractivity contribution in [1.29, 1.82) is 5.26 Å². The molecule has 1 fully saturated rings. The van der Waals surface area contributed by atoms with Crippen LogP contribution < -0.4 is 0 Å². The van der Waals surface area contributed by atoms with Gasteiger partial charge in [-0.25, -0.2) is 0 Å². The third kappa shape index (κ3) is 5.76. The summed E-state index contributed by atoms with van der Waals surface area (Å²) in [7, 11) is 2.18. The van der Waals surface area contributed by atoms with Gasteiger partial charge in [0.05, 0.1) is 6.07 Å². The first-order valence-corrected chi connectivity index (χ1v) is 6.11. The molecular formula is C12H23N3. The predicted octanol–water partition coefficient (Wildman–Crippen LogP) is 1.71. The fourth-order valence-corrected chi connectivity index (χ4v) is 2.02. The fourth-order valence-electron chi connectivity index (χ4n) is 2.02. The first-order valence-electron chi connectivity index (χ1n) is 6.11. The van der Waals surface area contributed by atoms with E-state index in [0.29, 0.717) is 6.42 Å². The van der Waals surface area contributed by atoms with Gasteiger partial charge in [0.1, 0.15) is 0 Å². The van der Waals surface area contributed by atoms with E-state index in [-0.39, 0.29) is 0 Å². The number of rotatable bonds is 7. The zero-order valence-electron chi connectivity index (χ0n) is 9.91. The minimum atomic E-state index is 0.708. The van der Waals surface area contributed by atoms with Gasteiger partial charge in [0.25, 0.3) is 0 Å². The second kappa shape index (κ2) is 7.67. The van der Waals surface area contributed by atoms with Gasteiger partial charge in [0, 0.05) is 19.5 Å². The minimum absolute atomic E-state index is 0.708. The van der Waals surface area contributed by atoms with Crippen LogP contribution in [0, 0.1) is 11.3 Å². The Labute approximate surface area is 93.7 Å². The molecule has 0 saturated carbocycles. The van der Waals surface area contributed by atoms with Crippen molar-refractivity contribution in [2.45, 2.75) is 32.1 Å². The summed E-state index contributed by atoms with van der Waals surface area (Å²) in [5.41, 5.74) is 0. The van der Waals surface area contributed by atoms with Crippen molar-refractivity contribution in [1.82, 2.24) is 9.80 Å². The van der Waals surface area contributed by atoms with E-state index in [9.17, 15) is 0 Å². The van der Waals surface area contributed by atoms with Gasteiger partial charge in [0.15, 0.2) is 0 Å². The highest BCUT2D eigenvalue weighted by Gasteiger charge is 2.11. The molecule has 1 heterocycles. The first-order chi connectivity index (χ1) is 7.33. The largest absolute Gasteiger partial charge is 0.305 e. The molecule has 1 saturated heterocycles. The Morgan fingerprint density at radius 3 is 2.60 bits per heavy atom. The summed E-state index contributed by atoms with van der Waals surface area (Å²) in [4.78, 5) is 4.93.